The summed E-state index contributed by atoms with van der Waals surface area (Å²) in [6.07, 6.45) is 0.559. The molecule has 0 saturated carbocycles. The minimum atomic E-state index is 0.125. The number of hydrogen-bond donors (Lipinski definition) is 2. The predicted molar refractivity (Wildman–Crippen MR) is 73.3 cm³/mol. The summed E-state index contributed by atoms with van der Waals surface area (Å²) in [5.74, 6) is 1.04. The van der Waals surface area contributed by atoms with Crippen LogP contribution in [0.25, 0.3) is 0 Å². The van der Waals surface area contributed by atoms with Crippen LogP contribution in [0.2, 0.25) is 0 Å². The van der Waals surface area contributed by atoms with Crippen LogP contribution in [0.5, 0.6) is 0 Å². The Kier molecular flexibility index (Phi) is 7.51. The zero-order chi connectivity index (χ0) is 12.3. The minimum Gasteiger partial charge on any atom is -0.355 e. The zero-order valence-electron chi connectivity index (χ0n) is 10.2. The van der Waals surface area contributed by atoms with Crippen LogP contribution in [0.15, 0.2) is 35.2 Å². The lowest BCUT2D eigenvalue weighted by Gasteiger charge is -2.05. The van der Waals surface area contributed by atoms with Crippen LogP contribution >= 0.6 is 11.8 Å². The number of hydrogen-bond acceptors (Lipinski definition) is 3. The molecule has 0 aliphatic carbocycles. The van der Waals surface area contributed by atoms with Crippen molar-refractivity contribution < 1.29 is 4.79 Å². The van der Waals surface area contributed by atoms with E-state index in [-0.39, 0.29) is 5.91 Å². The molecule has 0 unspecified atom stereocenters. The first-order valence-corrected chi connectivity index (χ1v) is 6.96. The molecule has 1 amide bonds. The van der Waals surface area contributed by atoms with E-state index in [0.717, 1.165) is 25.4 Å². The standard InChI is InChI=1S/C13H20N2OS/c1-2-14-9-8-13(16)15-10-11-17-12-6-4-3-5-7-12/h3-7,14H,2,8-11H2,1H3,(H,15,16). The van der Waals surface area contributed by atoms with Crippen LogP contribution in [-0.4, -0.2) is 31.3 Å². The second-order valence-corrected chi connectivity index (χ2v) is 4.78. The third-order valence-electron chi connectivity index (χ3n) is 2.22. The highest BCUT2D eigenvalue weighted by Crippen LogP contribution is 2.15. The highest BCUT2D eigenvalue weighted by atomic mass is 32.2. The van der Waals surface area contributed by atoms with Gasteiger partial charge in [-0.05, 0) is 18.7 Å². The topological polar surface area (TPSA) is 41.1 Å². The van der Waals surface area contributed by atoms with E-state index in [9.17, 15) is 4.79 Å². The van der Waals surface area contributed by atoms with Gasteiger partial charge in [-0.2, -0.15) is 0 Å². The first-order chi connectivity index (χ1) is 8.33. The molecule has 94 valence electrons. The Morgan fingerprint density at radius 2 is 2.00 bits per heavy atom. The van der Waals surface area contributed by atoms with Gasteiger partial charge in [-0.1, -0.05) is 25.1 Å². The average Bonchev–Trinajstić information content (AvgIpc) is 2.36. The Labute approximate surface area is 107 Å². The van der Waals surface area contributed by atoms with Gasteiger partial charge in [0.2, 0.25) is 5.91 Å². The van der Waals surface area contributed by atoms with E-state index in [0.29, 0.717) is 6.42 Å². The number of carbonyl (C=O) groups is 1. The maximum atomic E-state index is 11.4. The lowest BCUT2D eigenvalue weighted by atomic mass is 10.4. The molecule has 0 aromatic heterocycles. The van der Waals surface area contributed by atoms with Crippen molar-refractivity contribution in [1.82, 2.24) is 10.6 Å². The first kappa shape index (κ1) is 14.1. The highest BCUT2D eigenvalue weighted by molar-refractivity contribution is 7.99. The second-order valence-electron chi connectivity index (χ2n) is 3.62. The van der Waals surface area contributed by atoms with E-state index in [2.05, 4.69) is 22.8 Å². The van der Waals surface area contributed by atoms with Gasteiger partial charge in [0.15, 0.2) is 0 Å². The summed E-state index contributed by atoms with van der Waals surface area (Å²) in [5.41, 5.74) is 0. The van der Waals surface area contributed by atoms with E-state index in [4.69, 9.17) is 0 Å². The van der Waals surface area contributed by atoms with Gasteiger partial charge in [0, 0.05) is 30.2 Å². The summed E-state index contributed by atoms with van der Waals surface area (Å²) < 4.78 is 0. The SMILES string of the molecule is CCNCCC(=O)NCCSc1ccccc1. The van der Waals surface area contributed by atoms with E-state index in [1.54, 1.807) is 11.8 Å². The molecule has 4 heteroatoms. The van der Waals surface area contributed by atoms with Crippen LogP contribution in [0.4, 0.5) is 0 Å². The predicted octanol–water partition coefficient (Wildman–Crippen LogP) is 1.89. The zero-order valence-corrected chi connectivity index (χ0v) is 11.1. The fraction of sp³-hybridized carbons (Fsp3) is 0.462. The van der Waals surface area contributed by atoms with Crippen LogP contribution in [0.3, 0.4) is 0 Å². The minimum absolute atomic E-state index is 0.125. The van der Waals surface area contributed by atoms with Crippen molar-refractivity contribution in [3.63, 3.8) is 0 Å². The van der Waals surface area contributed by atoms with Crippen molar-refractivity contribution >= 4 is 17.7 Å². The van der Waals surface area contributed by atoms with Crippen molar-refractivity contribution in [1.29, 1.82) is 0 Å². The van der Waals surface area contributed by atoms with Gasteiger partial charge in [0.1, 0.15) is 0 Å². The molecule has 0 aliphatic rings. The van der Waals surface area contributed by atoms with Gasteiger partial charge in [-0.3, -0.25) is 4.79 Å². The molecule has 0 atom stereocenters. The van der Waals surface area contributed by atoms with Gasteiger partial charge in [-0.15, -0.1) is 11.8 Å². The summed E-state index contributed by atoms with van der Waals surface area (Å²) in [7, 11) is 0. The molecular formula is C13H20N2OS. The normalized spacial score (nSPS) is 10.2. The largest absolute Gasteiger partial charge is 0.355 e. The Balaban J connectivity index is 2.02. The molecule has 2 N–H and O–H groups in total. The number of amides is 1. The first-order valence-electron chi connectivity index (χ1n) is 5.98. The molecular weight excluding hydrogens is 232 g/mol. The van der Waals surface area contributed by atoms with Crippen LogP contribution in [-0.2, 0) is 4.79 Å². The molecule has 0 heterocycles. The number of thioether (sulfide) groups is 1. The maximum absolute atomic E-state index is 11.4. The molecule has 1 aromatic carbocycles. The molecule has 0 bridgehead atoms. The van der Waals surface area contributed by atoms with Gasteiger partial charge in [0.25, 0.3) is 0 Å². The van der Waals surface area contributed by atoms with Crippen LogP contribution in [0.1, 0.15) is 13.3 Å². The summed E-state index contributed by atoms with van der Waals surface area (Å²) in [6, 6.07) is 10.2. The van der Waals surface area contributed by atoms with E-state index >= 15 is 0 Å². The molecule has 0 radical (unpaired) electrons. The molecule has 0 saturated heterocycles. The van der Waals surface area contributed by atoms with Gasteiger partial charge in [0.05, 0.1) is 0 Å². The van der Waals surface area contributed by atoms with Crippen LogP contribution in [0, 0.1) is 0 Å². The third kappa shape index (κ3) is 7.02. The second kappa shape index (κ2) is 9.07. The number of benzene rings is 1. The molecule has 1 aromatic rings. The molecule has 0 spiro atoms. The lowest BCUT2D eigenvalue weighted by Crippen LogP contribution is -2.29. The van der Waals surface area contributed by atoms with Crippen molar-refractivity contribution in [2.24, 2.45) is 0 Å². The summed E-state index contributed by atoms with van der Waals surface area (Å²) >= 11 is 1.76. The highest BCUT2D eigenvalue weighted by Gasteiger charge is 1.99. The fourth-order valence-corrected chi connectivity index (χ4v) is 2.13. The number of nitrogens with one attached hydrogen (secondary N) is 2. The van der Waals surface area contributed by atoms with Crippen molar-refractivity contribution in [3.05, 3.63) is 30.3 Å². The van der Waals surface area contributed by atoms with Crippen molar-refractivity contribution in [2.45, 2.75) is 18.2 Å². The number of carbonyl (C=O) groups excluding carboxylic acids is 1. The fourth-order valence-electron chi connectivity index (χ4n) is 1.34. The molecule has 17 heavy (non-hydrogen) atoms. The third-order valence-corrected chi connectivity index (χ3v) is 3.23. The van der Waals surface area contributed by atoms with Crippen LogP contribution < -0.4 is 10.6 Å². The Bertz CT molecular complexity index is 316. The molecule has 0 aliphatic heterocycles. The van der Waals surface area contributed by atoms with E-state index in [1.807, 2.05) is 25.1 Å². The molecule has 1 rings (SSSR count). The number of rotatable bonds is 8. The maximum Gasteiger partial charge on any atom is 0.221 e. The monoisotopic (exact) mass is 252 g/mol. The van der Waals surface area contributed by atoms with Gasteiger partial charge >= 0.3 is 0 Å². The summed E-state index contributed by atoms with van der Waals surface area (Å²) in [4.78, 5) is 12.6. The molecule has 3 nitrogen and oxygen atoms in total. The van der Waals surface area contributed by atoms with E-state index < -0.39 is 0 Å². The average molecular weight is 252 g/mol. The Morgan fingerprint density at radius 3 is 2.71 bits per heavy atom. The van der Waals surface area contributed by atoms with Gasteiger partial charge in [-0.25, -0.2) is 0 Å². The lowest BCUT2D eigenvalue weighted by molar-refractivity contribution is -0.120. The summed E-state index contributed by atoms with van der Waals surface area (Å²) in [6.45, 7) is 4.43. The van der Waals surface area contributed by atoms with Crippen molar-refractivity contribution in [3.8, 4) is 0 Å². The summed E-state index contributed by atoms with van der Waals surface area (Å²) in [5, 5.41) is 6.04. The Morgan fingerprint density at radius 1 is 1.24 bits per heavy atom. The van der Waals surface area contributed by atoms with Crippen molar-refractivity contribution in [2.75, 3.05) is 25.4 Å². The Hall–Kier alpha value is -1.00. The smallest absolute Gasteiger partial charge is 0.221 e. The van der Waals surface area contributed by atoms with E-state index in [1.165, 1.54) is 4.90 Å². The quantitative estimate of drug-likeness (QED) is 0.548. The van der Waals surface area contributed by atoms with Gasteiger partial charge < -0.3 is 10.6 Å². The molecule has 0 fully saturated rings.